The van der Waals surface area contributed by atoms with Gasteiger partial charge in [-0.3, -0.25) is 9.59 Å². The molecule has 1 fully saturated rings. The fourth-order valence-corrected chi connectivity index (χ4v) is 3.31. The van der Waals surface area contributed by atoms with Crippen molar-refractivity contribution in [2.24, 2.45) is 0 Å². The number of anilines is 3. The first-order chi connectivity index (χ1) is 12.6. The summed E-state index contributed by atoms with van der Waals surface area (Å²) in [5, 5.41) is 12.4. The van der Waals surface area contributed by atoms with E-state index in [1.807, 2.05) is 29.2 Å². The van der Waals surface area contributed by atoms with E-state index in [0.717, 1.165) is 18.8 Å². The van der Waals surface area contributed by atoms with Gasteiger partial charge < -0.3 is 25.0 Å². The number of nitrogens with zero attached hydrogens (tertiary/aromatic N) is 2. The summed E-state index contributed by atoms with van der Waals surface area (Å²) in [7, 11) is 0. The lowest BCUT2D eigenvalue weighted by Gasteiger charge is -2.38. The van der Waals surface area contributed by atoms with E-state index in [-0.39, 0.29) is 13.2 Å². The summed E-state index contributed by atoms with van der Waals surface area (Å²) in [6, 6.07) is 7.70. The maximum Gasteiger partial charge on any atom is 0.253 e. The Kier molecular flexibility index (Phi) is 6.13. The van der Waals surface area contributed by atoms with Gasteiger partial charge >= 0.3 is 0 Å². The average Bonchev–Trinajstić information content (AvgIpc) is 2.66. The molecule has 0 bridgehead atoms. The Morgan fingerprint density at radius 1 is 1.08 bits per heavy atom. The van der Waals surface area contributed by atoms with Crippen LogP contribution in [0.4, 0.5) is 17.1 Å². The fourth-order valence-electron chi connectivity index (χ4n) is 3.12. The van der Waals surface area contributed by atoms with Crippen molar-refractivity contribution in [3.8, 4) is 0 Å². The van der Waals surface area contributed by atoms with Gasteiger partial charge in [-0.25, -0.2) is 0 Å². The van der Waals surface area contributed by atoms with Crippen molar-refractivity contribution in [2.75, 3.05) is 67.7 Å². The molecule has 0 atom stereocenters. The molecule has 1 aliphatic heterocycles. The normalized spacial score (nSPS) is 14.8. The van der Waals surface area contributed by atoms with Crippen LogP contribution in [-0.4, -0.2) is 57.7 Å². The van der Waals surface area contributed by atoms with Crippen molar-refractivity contribution in [1.82, 2.24) is 0 Å². The highest BCUT2D eigenvalue weighted by Gasteiger charge is 2.28. The zero-order valence-corrected chi connectivity index (χ0v) is 15.2. The van der Waals surface area contributed by atoms with Crippen LogP contribution >= 0.6 is 11.6 Å². The van der Waals surface area contributed by atoms with Gasteiger partial charge in [0, 0.05) is 43.4 Å². The van der Waals surface area contributed by atoms with E-state index in [2.05, 4.69) is 10.2 Å². The molecular formula is C18H22ClN3O4. The van der Waals surface area contributed by atoms with Gasteiger partial charge in [-0.05, 0) is 18.2 Å². The van der Waals surface area contributed by atoms with Crippen molar-refractivity contribution < 1.29 is 9.84 Å². The third kappa shape index (κ3) is 4.00. The Bertz CT molecular complexity index is 811. The smallest absolute Gasteiger partial charge is 0.253 e. The molecule has 1 aliphatic rings. The molecule has 0 aromatic heterocycles. The van der Waals surface area contributed by atoms with Crippen molar-refractivity contribution in [2.45, 2.75) is 0 Å². The molecule has 8 heteroatoms. The quantitative estimate of drug-likeness (QED) is 0.515. The van der Waals surface area contributed by atoms with Crippen LogP contribution in [-0.2, 0) is 4.74 Å². The number of benzene rings is 1. The first-order valence-corrected chi connectivity index (χ1v) is 9.01. The highest BCUT2D eigenvalue weighted by molar-refractivity contribution is 6.30. The maximum absolute atomic E-state index is 12.0. The lowest BCUT2D eigenvalue weighted by Crippen LogP contribution is -2.51. The summed E-state index contributed by atoms with van der Waals surface area (Å²) in [6.07, 6.45) is 0. The third-order valence-electron chi connectivity index (χ3n) is 4.44. The van der Waals surface area contributed by atoms with E-state index in [1.165, 1.54) is 0 Å². The highest BCUT2D eigenvalue weighted by Crippen LogP contribution is 2.25. The number of hydrogen-bond donors (Lipinski definition) is 2. The standard InChI is InChI=1S/C18H22ClN3O4/c19-13-2-1-3-14(12-13)21-5-7-22(8-6-21)16-15(17(24)18(16)25)20-4-10-26-11-9-23/h1-3,12,20,23H,4-11H2. The lowest BCUT2D eigenvalue weighted by molar-refractivity contribution is 0.0992. The minimum Gasteiger partial charge on any atom is -0.394 e. The fraction of sp³-hybridized carbons (Fsp3) is 0.444. The number of halogens is 1. The molecule has 1 heterocycles. The predicted octanol–water partition coefficient (Wildman–Crippen LogP) is 0.683. The number of nitrogens with one attached hydrogen (secondary N) is 1. The van der Waals surface area contributed by atoms with Gasteiger partial charge in [0.1, 0.15) is 11.4 Å². The van der Waals surface area contributed by atoms with Crippen LogP contribution in [0.25, 0.3) is 0 Å². The minimum atomic E-state index is -0.473. The summed E-state index contributed by atoms with van der Waals surface area (Å²) in [5.74, 6) is 0. The molecular weight excluding hydrogens is 358 g/mol. The van der Waals surface area contributed by atoms with Gasteiger partial charge in [-0.1, -0.05) is 17.7 Å². The molecule has 2 aromatic rings. The van der Waals surface area contributed by atoms with Gasteiger partial charge in [0.25, 0.3) is 10.9 Å². The van der Waals surface area contributed by atoms with E-state index < -0.39 is 10.9 Å². The topological polar surface area (TPSA) is 82.1 Å². The molecule has 0 aliphatic carbocycles. The maximum atomic E-state index is 12.0. The molecule has 3 rings (SSSR count). The number of piperazine rings is 1. The first-order valence-electron chi connectivity index (χ1n) is 8.63. The van der Waals surface area contributed by atoms with Crippen LogP contribution in [0, 0.1) is 0 Å². The van der Waals surface area contributed by atoms with Gasteiger partial charge in [0.2, 0.25) is 0 Å². The second-order valence-electron chi connectivity index (χ2n) is 6.10. The monoisotopic (exact) mass is 379 g/mol. The molecule has 7 nitrogen and oxygen atoms in total. The second-order valence-corrected chi connectivity index (χ2v) is 6.54. The lowest BCUT2D eigenvalue weighted by atomic mass is 10.1. The number of rotatable bonds is 8. The molecule has 0 radical (unpaired) electrons. The molecule has 2 N–H and O–H groups in total. The minimum absolute atomic E-state index is 0.0394. The van der Waals surface area contributed by atoms with E-state index in [4.69, 9.17) is 21.4 Å². The molecule has 26 heavy (non-hydrogen) atoms. The van der Waals surface area contributed by atoms with E-state index in [1.54, 1.807) is 0 Å². The Labute approximate surface area is 156 Å². The third-order valence-corrected chi connectivity index (χ3v) is 4.67. The molecule has 0 saturated carbocycles. The molecule has 2 aromatic carbocycles. The van der Waals surface area contributed by atoms with Crippen LogP contribution < -0.4 is 26.0 Å². The number of hydrogen-bond acceptors (Lipinski definition) is 7. The predicted molar refractivity (Wildman–Crippen MR) is 104 cm³/mol. The van der Waals surface area contributed by atoms with Crippen LogP contribution in [0.3, 0.4) is 0 Å². The summed E-state index contributed by atoms with van der Waals surface area (Å²) < 4.78 is 5.15. The van der Waals surface area contributed by atoms with Gasteiger partial charge in [-0.2, -0.15) is 0 Å². The van der Waals surface area contributed by atoms with E-state index >= 15 is 0 Å². The average molecular weight is 380 g/mol. The molecule has 0 spiro atoms. The Morgan fingerprint density at radius 3 is 2.50 bits per heavy atom. The molecule has 140 valence electrons. The SMILES string of the molecule is O=c1c(NCCOCCO)c(N2CCN(c3cccc(Cl)c3)CC2)c1=O. The highest BCUT2D eigenvalue weighted by atomic mass is 35.5. The van der Waals surface area contributed by atoms with Crippen molar-refractivity contribution in [3.05, 3.63) is 49.7 Å². The van der Waals surface area contributed by atoms with Crippen molar-refractivity contribution in [3.63, 3.8) is 0 Å². The van der Waals surface area contributed by atoms with Crippen LogP contribution in [0.15, 0.2) is 33.9 Å². The summed E-state index contributed by atoms with van der Waals surface area (Å²) in [4.78, 5) is 28.0. The van der Waals surface area contributed by atoms with E-state index in [0.29, 0.717) is 42.6 Å². The Hall–Kier alpha value is -2.09. The molecule has 1 saturated heterocycles. The van der Waals surface area contributed by atoms with Gasteiger partial charge in [-0.15, -0.1) is 0 Å². The largest absolute Gasteiger partial charge is 0.394 e. The summed E-state index contributed by atoms with van der Waals surface area (Å²) in [6.45, 7) is 3.81. The number of ether oxygens (including phenoxy) is 1. The number of aliphatic hydroxyl groups excluding tert-OH is 1. The summed E-state index contributed by atoms with van der Waals surface area (Å²) in [5.41, 5.74) is 1.00. The van der Waals surface area contributed by atoms with Gasteiger partial charge in [0.15, 0.2) is 0 Å². The van der Waals surface area contributed by atoms with Crippen LogP contribution in [0.1, 0.15) is 0 Å². The van der Waals surface area contributed by atoms with Crippen LogP contribution in [0.2, 0.25) is 5.02 Å². The summed E-state index contributed by atoms with van der Waals surface area (Å²) >= 11 is 6.05. The first kappa shape index (κ1) is 18.7. The zero-order chi connectivity index (χ0) is 18.5. The van der Waals surface area contributed by atoms with Crippen molar-refractivity contribution >= 4 is 28.7 Å². The van der Waals surface area contributed by atoms with Crippen LogP contribution in [0.5, 0.6) is 0 Å². The van der Waals surface area contributed by atoms with E-state index in [9.17, 15) is 9.59 Å². The Balaban J connectivity index is 1.58. The molecule has 0 unspecified atom stereocenters. The second kappa shape index (κ2) is 8.53. The zero-order valence-electron chi connectivity index (χ0n) is 14.4. The Morgan fingerprint density at radius 2 is 1.81 bits per heavy atom. The van der Waals surface area contributed by atoms with Gasteiger partial charge in [0.05, 0.1) is 19.8 Å². The molecule has 0 amide bonds. The van der Waals surface area contributed by atoms with Crippen molar-refractivity contribution in [1.29, 1.82) is 0 Å². The number of aliphatic hydroxyl groups is 1.